The predicted octanol–water partition coefficient (Wildman–Crippen LogP) is 5.12. The zero-order valence-corrected chi connectivity index (χ0v) is 19.3. The first-order valence-corrected chi connectivity index (χ1v) is 10.9. The third-order valence-corrected chi connectivity index (χ3v) is 6.39. The van der Waals surface area contributed by atoms with Crippen molar-refractivity contribution in [3.63, 3.8) is 0 Å². The van der Waals surface area contributed by atoms with Crippen LogP contribution in [0.4, 0.5) is 5.82 Å². The van der Waals surface area contributed by atoms with Crippen LogP contribution in [0.5, 0.6) is 0 Å². The van der Waals surface area contributed by atoms with Crippen LogP contribution in [0, 0.1) is 20.8 Å². The minimum Gasteiger partial charge on any atom is -0.305 e. The highest BCUT2D eigenvalue weighted by Crippen LogP contribution is 2.21. The Labute approximate surface area is 190 Å². The molecule has 6 nitrogen and oxygen atoms in total. The van der Waals surface area contributed by atoms with Gasteiger partial charge in [0.05, 0.1) is 29.0 Å². The molecule has 31 heavy (non-hydrogen) atoms. The van der Waals surface area contributed by atoms with E-state index in [0.29, 0.717) is 24.5 Å². The van der Waals surface area contributed by atoms with Crippen LogP contribution in [-0.4, -0.2) is 25.5 Å². The summed E-state index contributed by atoms with van der Waals surface area (Å²) in [5.41, 5.74) is 5.88. The van der Waals surface area contributed by atoms with Crippen molar-refractivity contribution in [3.05, 3.63) is 98.9 Å². The molecule has 0 aliphatic heterocycles. The highest BCUT2D eigenvalue weighted by atomic mass is 79.9. The van der Waals surface area contributed by atoms with Gasteiger partial charge in [-0.3, -0.25) is 14.2 Å². The Balaban J connectivity index is 1.42. The van der Waals surface area contributed by atoms with Gasteiger partial charge in [-0.1, -0.05) is 42.5 Å². The fourth-order valence-corrected chi connectivity index (χ4v) is 3.72. The second-order valence-corrected chi connectivity index (χ2v) is 8.40. The first-order valence-electron chi connectivity index (χ1n) is 10.1. The Morgan fingerprint density at radius 1 is 0.903 bits per heavy atom. The van der Waals surface area contributed by atoms with Crippen molar-refractivity contribution in [1.82, 2.24) is 19.6 Å². The van der Waals surface area contributed by atoms with Gasteiger partial charge in [0.2, 0.25) is 0 Å². The topological polar surface area (TPSA) is 64.7 Å². The fraction of sp³-hybridized carbons (Fsp3) is 0.208. The summed E-state index contributed by atoms with van der Waals surface area (Å²) in [6.07, 6.45) is 0. The normalized spacial score (nSPS) is 11.0. The number of carbonyl (C=O) groups is 1. The summed E-state index contributed by atoms with van der Waals surface area (Å²) in [5.74, 6) is 0.375. The van der Waals surface area contributed by atoms with Crippen molar-refractivity contribution in [3.8, 4) is 0 Å². The molecule has 1 N–H and O–H groups in total. The molecule has 0 radical (unpaired) electrons. The molecule has 2 aromatic carbocycles. The van der Waals surface area contributed by atoms with Crippen LogP contribution >= 0.6 is 15.9 Å². The van der Waals surface area contributed by atoms with Gasteiger partial charge in [0, 0.05) is 17.3 Å². The van der Waals surface area contributed by atoms with E-state index in [2.05, 4.69) is 43.6 Å². The van der Waals surface area contributed by atoms with E-state index in [9.17, 15) is 4.79 Å². The molecule has 0 atom stereocenters. The zero-order valence-electron chi connectivity index (χ0n) is 17.8. The lowest BCUT2D eigenvalue weighted by molar-refractivity contribution is 0.102. The predicted molar refractivity (Wildman–Crippen MR) is 125 cm³/mol. The van der Waals surface area contributed by atoms with Crippen LogP contribution in [0.15, 0.2) is 65.1 Å². The molecule has 158 valence electrons. The van der Waals surface area contributed by atoms with Gasteiger partial charge in [0.1, 0.15) is 0 Å². The van der Waals surface area contributed by atoms with Crippen LogP contribution in [0.2, 0.25) is 0 Å². The van der Waals surface area contributed by atoms with Crippen molar-refractivity contribution in [2.45, 2.75) is 33.9 Å². The van der Waals surface area contributed by atoms with Gasteiger partial charge in [-0.15, -0.1) is 0 Å². The summed E-state index contributed by atoms with van der Waals surface area (Å²) in [5, 5.41) is 12.0. The van der Waals surface area contributed by atoms with E-state index in [4.69, 9.17) is 0 Å². The largest absolute Gasteiger partial charge is 0.305 e. The monoisotopic (exact) mass is 477 g/mol. The Morgan fingerprint density at radius 3 is 2.19 bits per heavy atom. The lowest BCUT2D eigenvalue weighted by atomic mass is 10.1. The minimum absolute atomic E-state index is 0.176. The highest BCUT2D eigenvalue weighted by molar-refractivity contribution is 9.10. The van der Waals surface area contributed by atoms with Crippen molar-refractivity contribution in [2.75, 3.05) is 5.32 Å². The van der Waals surface area contributed by atoms with Crippen LogP contribution < -0.4 is 5.32 Å². The molecule has 4 rings (SSSR count). The van der Waals surface area contributed by atoms with Gasteiger partial charge < -0.3 is 5.32 Å². The average molecular weight is 478 g/mol. The second-order valence-electron chi connectivity index (χ2n) is 7.61. The highest BCUT2D eigenvalue weighted by Gasteiger charge is 2.12. The molecule has 0 unspecified atom stereocenters. The molecule has 0 saturated heterocycles. The van der Waals surface area contributed by atoms with Gasteiger partial charge in [0.15, 0.2) is 5.82 Å². The number of benzene rings is 2. The molecule has 0 aliphatic rings. The number of rotatable bonds is 6. The third kappa shape index (κ3) is 4.77. The van der Waals surface area contributed by atoms with E-state index in [1.54, 1.807) is 0 Å². The zero-order chi connectivity index (χ0) is 22.0. The maximum absolute atomic E-state index is 12.7. The number of nitrogens with one attached hydrogen (secondary N) is 1. The lowest BCUT2D eigenvalue weighted by Gasteiger charge is -2.07. The smallest absolute Gasteiger partial charge is 0.256 e. The van der Waals surface area contributed by atoms with Gasteiger partial charge >= 0.3 is 0 Å². The molecule has 2 aromatic heterocycles. The lowest BCUT2D eigenvalue weighted by Crippen LogP contribution is -2.13. The van der Waals surface area contributed by atoms with Gasteiger partial charge in [0.25, 0.3) is 5.91 Å². The van der Waals surface area contributed by atoms with E-state index in [1.165, 1.54) is 0 Å². The van der Waals surface area contributed by atoms with E-state index in [0.717, 1.165) is 32.7 Å². The second kappa shape index (κ2) is 8.89. The average Bonchev–Trinajstić information content (AvgIpc) is 3.22. The van der Waals surface area contributed by atoms with Gasteiger partial charge in [-0.05, 0) is 60.0 Å². The first kappa shape index (κ1) is 21.1. The van der Waals surface area contributed by atoms with Crippen LogP contribution in [-0.2, 0) is 13.1 Å². The summed E-state index contributed by atoms with van der Waals surface area (Å²) in [6, 6.07) is 19.6. The molecule has 2 heterocycles. The number of nitrogens with zero attached hydrogens (tertiary/aromatic N) is 4. The maximum atomic E-state index is 12.7. The number of hydrogen-bond donors (Lipinski definition) is 1. The summed E-state index contributed by atoms with van der Waals surface area (Å²) in [7, 11) is 0. The maximum Gasteiger partial charge on any atom is 0.256 e. The summed E-state index contributed by atoms with van der Waals surface area (Å²) in [4.78, 5) is 12.7. The van der Waals surface area contributed by atoms with Crippen molar-refractivity contribution in [1.29, 1.82) is 0 Å². The summed E-state index contributed by atoms with van der Waals surface area (Å²) < 4.78 is 4.88. The molecular formula is C24H24BrN5O. The molecule has 0 spiro atoms. The fourth-order valence-electron chi connectivity index (χ4n) is 3.44. The minimum atomic E-state index is -0.176. The number of amides is 1. The Kier molecular flexibility index (Phi) is 6.04. The number of carbonyl (C=O) groups excluding carboxylic acids is 1. The van der Waals surface area contributed by atoms with E-state index < -0.39 is 0 Å². The van der Waals surface area contributed by atoms with Gasteiger partial charge in [-0.2, -0.15) is 10.2 Å². The van der Waals surface area contributed by atoms with Crippen molar-refractivity contribution in [2.24, 2.45) is 0 Å². The number of aromatic nitrogens is 4. The third-order valence-electron chi connectivity index (χ3n) is 5.24. The van der Waals surface area contributed by atoms with Crippen molar-refractivity contribution >= 4 is 27.7 Å². The van der Waals surface area contributed by atoms with E-state index in [1.807, 2.05) is 78.7 Å². The molecule has 0 bridgehead atoms. The Morgan fingerprint density at radius 2 is 1.55 bits per heavy atom. The number of hydrogen-bond acceptors (Lipinski definition) is 3. The van der Waals surface area contributed by atoms with Crippen LogP contribution in [0.3, 0.4) is 0 Å². The van der Waals surface area contributed by atoms with Crippen LogP contribution in [0.25, 0.3) is 0 Å². The quantitative estimate of drug-likeness (QED) is 0.419. The first-order chi connectivity index (χ1) is 14.9. The molecule has 7 heteroatoms. The summed E-state index contributed by atoms with van der Waals surface area (Å²) in [6.45, 7) is 7.31. The number of halogens is 1. The SMILES string of the molecule is Cc1nn(Cc2ccc(C(=O)Nc3cc(C)n(Cc4ccccc4)n3)cc2)c(C)c1Br. The standard InChI is InChI=1S/C24H24BrN5O/c1-16-13-22(28-29(16)14-19-7-5-4-6-8-19)26-24(31)21-11-9-20(10-12-21)15-30-18(3)23(25)17(2)27-30/h4-13H,14-15H2,1-3H3,(H,26,28,31). The van der Waals surface area contributed by atoms with E-state index >= 15 is 0 Å². The van der Waals surface area contributed by atoms with Crippen molar-refractivity contribution < 1.29 is 4.79 Å². The van der Waals surface area contributed by atoms with Crippen LogP contribution in [0.1, 0.15) is 38.6 Å². The number of anilines is 1. The molecular weight excluding hydrogens is 454 g/mol. The van der Waals surface area contributed by atoms with E-state index in [-0.39, 0.29) is 5.91 Å². The summed E-state index contributed by atoms with van der Waals surface area (Å²) >= 11 is 3.56. The molecule has 4 aromatic rings. The molecule has 0 aliphatic carbocycles. The Hall–Kier alpha value is -3.19. The molecule has 0 fully saturated rings. The molecule has 0 saturated carbocycles. The Bertz CT molecular complexity index is 1210. The number of aryl methyl sites for hydroxylation is 2. The molecule has 1 amide bonds. The van der Waals surface area contributed by atoms with Gasteiger partial charge in [-0.25, -0.2) is 0 Å².